The Morgan fingerprint density at radius 2 is 1.91 bits per heavy atom. The predicted molar refractivity (Wildman–Crippen MR) is 80.3 cm³/mol. The van der Waals surface area contributed by atoms with E-state index in [0.717, 1.165) is 11.1 Å². The Morgan fingerprint density at radius 3 is 2.55 bits per heavy atom. The van der Waals surface area contributed by atoms with Gasteiger partial charge in [-0.25, -0.2) is 0 Å². The van der Waals surface area contributed by atoms with E-state index < -0.39 is 17.9 Å². The summed E-state index contributed by atoms with van der Waals surface area (Å²) in [5.74, 6) is -0.277. The summed E-state index contributed by atoms with van der Waals surface area (Å²) in [4.78, 5) is 23.5. The van der Waals surface area contributed by atoms with E-state index in [0.29, 0.717) is 5.75 Å². The maximum absolute atomic E-state index is 11.9. The first kappa shape index (κ1) is 15.6. The molecule has 0 radical (unpaired) electrons. The molecule has 1 unspecified atom stereocenters. The van der Waals surface area contributed by atoms with Crippen molar-refractivity contribution in [3.8, 4) is 5.75 Å². The van der Waals surface area contributed by atoms with E-state index in [1.807, 2.05) is 26.0 Å². The lowest BCUT2D eigenvalue weighted by Gasteiger charge is -2.15. The Kier molecular flexibility index (Phi) is 4.83. The van der Waals surface area contributed by atoms with E-state index in [1.54, 1.807) is 19.1 Å². The van der Waals surface area contributed by atoms with Gasteiger partial charge in [-0.05, 0) is 56.2 Å². The van der Waals surface area contributed by atoms with Crippen LogP contribution in [0.1, 0.15) is 28.6 Å². The van der Waals surface area contributed by atoms with Crippen LogP contribution in [0.15, 0.2) is 41.0 Å². The van der Waals surface area contributed by atoms with Crippen LogP contribution in [0.2, 0.25) is 0 Å². The zero-order valence-electron chi connectivity index (χ0n) is 12.7. The topological polar surface area (TPSA) is 80.6 Å². The summed E-state index contributed by atoms with van der Waals surface area (Å²) >= 11 is 0. The number of amides is 2. The molecule has 2 aromatic rings. The van der Waals surface area contributed by atoms with Crippen LogP contribution in [0.3, 0.4) is 0 Å². The summed E-state index contributed by atoms with van der Waals surface area (Å²) in [6, 6.07) is 8.67. The lowest BCUT2D eigenvalue weighted by molar-refractivity contribution is -0.128. The van der Waals surface area contributed by atoms with Gasteiger partial charge < -0.3 is 9.15 Å². The molecular formula is C16H18N2O4. The molecule has 0 aliphatic rings. The molecule has 0 saturated carbocycles. The van der Waals surface area contributed by atoms with Crippen LogP contribution in [0.4, 0.5) is 0 Å². The van der Waals surface area contributed by atoms with Gasteiger partial charge in [0.05, 0.1) is 6.26 Å². The minimum absolute atomic E-state index is 0.114. The third kappa shape index (κ3) is 3.88. The van der Waals surface area contributed by atoms with Gasteiger partial charge in [-0.1, -0.05) is 6.07 Å². The number of ether oxygens (including phenoxy) is 1. The maximum atomic E-state index is 11.9. The smallest absolute Gasteiger partial charge is 0.305 e. The number of hydrogen-bond donors (Lipinski definition) is 2. The van der Waals surface area contributed by atoms with E-state index in [1.165, 1.54) is 12.3 Å². The van der Waals surface area contributed by atoms with Gasteiger partial charge in [0.2, 0.25) is 0 Å². The Morgan fingerprint density at radius 1 is 1.14 bits per heavy atom. The quantitative estimate of drug-likeness (QED) is 0.848. The molecular weight excluding hydrogens is 284 g/mol. The number of carbonyl (C=O) groups is 2. The molecule has 2 rings (SSSR count). The number of hydrogen-bond acceptors (Lipinski definition) is 4. The van der Waals surface area contributed by atoms with E-state index in [4.69, 9.17) is 9.15 Å². The van der Waals surface area contributed by atoms with Crippen molar-refractivity contribution in [3.63, 3.8) is 0 Å². The normalized spacial score (nSPS) is 11.6. The predicted octanol–water partition coefficient (Wildman–Crippen LogP) is 2.12. The molecule has 2 amide bonds. The third-order valence-corrected chi connectivity index (χ3v) is 3.20. The van der Waals surface area contributed by atoms with Crippen molar-refractivity contribution in [1.82, 2.24) is 10.9 Å². The van der Waals surface area contributed by atoms with Crippen LogP contribution in [-0.4, -0.2) is 17.9 Å². The van der Waals surface area contributed by atoms with Gasteiger partial charge >= 0.3 is 5.91 Å². The van der Waals surface area contributed by atoms with Gasteiger partial charge in [0.15, 0.2) is 11.9 Å². The number of hydrazine groups is 1. The number of carbonyl (C=O) groups excluding carboxylic acids is 2. The zero-order valence-corrected chi connectivity index (χ0v) is 12.7. The van der Waals surface area contributed by atoms with Crippen LogP contribution < -0.4 is 15.6 Å². The molecule has 22 heavy (non-hydrogen) atoms. The Balaban J connectivity index is 1.86. The Hall–Kier alpha value is -2.76. The average molecular weight is 302 g/mol. The second-order valence-electron chi connectivity index (χ2n) is 4.93. The molecule has 1 atom stereocenters. The fourth-order valence-electron chi connectivity index (χ4n) is 1.73. The van der Waals surface area contributed by atoms with Crippen LogP contribution in [0.25, 0.3) is 0 Å². The van der Waals surface area contributed by atoms with Crippen molar-refractivity contribution in [2.24, 2.45) is 0 Å². The molecule has 6 nitrogen and oxygen atoms in total. The number of nitrogens with one attached hydrogen (secondary N) is 2. The lowest BCUT2D eigenvalue weighted by atomic mass is 10.1. The van der Waals surface area contributed by atoms with Crippen molar-refractivity contribution in [1.29, 1.82) is 0 Å². The first-order valence-corrected chi connectivity index (χ1v) is 6.85. The monoisotopic (exact) mass is 302 g/mol. The minimum atomic E-state index is -0.751. The summed E-state index contributed by atoms with van der Waals surface area (Å²) in [5, 5.41) is 0. The second kappa shape index (κ2) is 6.80. The molecule has 2 N–H and O–H groups in total. The first-order valence-electron chi connectivity index (χ1n) is 6.85. The average Bonchev–Trinajstić information content (AvgIpc) is 3.02. The molecule has 1 heterocycles. The highest BCUT2D eigenvalue weighted by Crippen LogP contribution is 2.17. The molecule has 0 aliphatic carbocycles. The zero-order chi connectivity index (χ0) is 16.1. The fourth-order valence-corrected chi connectivity index (χ4v) is 1.73. The first-order chi connectivity index (χ1) is 10.5. The van der Waals surface area contributed by atoms with E-state index in [9.17, 15) is 9.59 Å². The van der Waals surface area contributed by atoms with Gasteiger partial charge in [-0.3, -0.25) is 20.4 Å². The molecule has 0 spiro atoms. The molecule has 0 saturated heterocycles. The maximum Gasteiger partial charge on any atom is 0.305 e. The minimum Gasteiger partial charge on any atom is -0.481 e. The molecule has 1 aromatic heterocycles. The standard InChI is InChI=1S/C16H18N2O4/c1-10-6-7-13(9-11(10)2)22-12(3)15(19)17-18-16(20)14-5-4-8-21-14/h4-9,12H,1-3H3,(H,17,19)(H,18,20). The Bertz CT molecular complexity index is 665. The van der Waals surface area contributed by atoms with Crippen molar-refractivity contribution in [3.05, 3.63) is 53.5 Å². The largest absolute Gasteiger partial charge is 0.481 e. The van der Waals surface area contributed by atoms with Gasteiger partial charge in [-0.2, -0.15) is 0 Å². The fraction of sp³-hybridized carbons (Fsp3) is 0.250. The van der Waals surface area contributed by atoms with E-state index >= 15 is 0 Å². The highest BCUT2D eigenvalue weighted by molar-refractivity contribution is 5.93. The third-order valence-electron chi connectivity index (χ3n) is 3.20. The van der Waals surface area contributed by atoms with Gasteiger partial charge in [-0.15, -0.1) is 0 Å². The molecule has 116 valence electrons. The highest BCUT2D eigenvalue weighted by atomic mass is 16.5. The van der Waals surface area contributed by atoms with Gasteiger partial charge in [0, 0.05) is 0 Å². The highest BCUT2D eigenvalue weighted by Gasteiger charge is 2.16. The SMILES string of the molecule is Cc1ccc(OC(C)C(=O)NNC(=O)c2ccco2)cc1C. The summed E-state index contributed by atoms with van der Waals surface area (Å²) < 4.78 is 10.5. The van der Waals surface area contributed by atoms with Crippen molar-refractivity contribution in [2.45, 2.75) is 26.9 Å². The lowest BCUT2D eigenvalue weighted by Crippen LogP contribution is -2.47. The van der Waals surface area contributed by atoms with Crippen molar-refractivity contribution in [2.75, 3.05) is 0 Å². The van der Waals surface area contributed by atoms with Crippen LogP contribution in [0, 0.1) is 13.8 Å². The number of rotatable bonds is 4. The van der Waals surface area contributed by atoms with Gasteiger partial charge in [0.25, 0.3) is 5.91 Å². The molecule has 1 aromatic carbocycles. The van der Waals surface area contributed by atoms with Crippen LogP contribution in [0.5, 0.6) is 5.75 Å². The van der Waals surface area contributed by atoms with Crippen molar-refractivity contribution >= 4 is 11.8 Å². The summed E-state index contributed by atoms with van der Waals surface area (Å²) in [5.41, 5.74) is 6.78. The van der Waals surface area contributed by atoms with Crippen LogP contribution in [-0.2, 0) is 4.79 Å². The molecule has 6 heteroatoms. The number of furan rings is 1. The molecule has 0 aliphatic heterocycles. The molecule has 0 bridgehead atoms. The summed E-state index contributed by atoms with van der Waals surface area (Å²) in [6.45, 7) is 5.57. The van der Waals surface area contributed by atoms with Gasteiger partial charge in [0.1, 0.15) is 5.75 Å². The van der Waals surface area contributed by atoms with Crippen LogP contribution >= 0.6 is 0 Å². The van der Waals surface area contributed by atoms with Crippen molar-refractivity contribution < 1.29 is 18.7 Å². The summed E-state index contributed by atoms with van der Waals surface area (Å²) in [7, 11) is 0. The number of benzene rings is 1. The number of aryl methyl sites for hydroxylation is 2. The summed E-state index contributed by atoms with van der Waals surface area (Å²) in [6.07, 6.45) is 0.626. The van der Waals surface area contributed by atoms with E-state index in [-0.39, 0.29) is 5.76 Å². The second-order valence-corrected chi connectivity index (χ2v) is 4.93. The Labute approximate surface area is 128 Å². The van der Waals surface area contributed by atoms with E-state index in [2.05, 4.69) is 10.9 Å². The molecule has 0 fully saturated rings.